The number of amides is 1. The van der Waals surface area contributed by atoms with Crippen molar-refractivity contribution >= 4 is 33.2 Å². The molecule has 0 aliphatic carbocycles. The number of nitrogens with two attached hydrogens (primary N) is 2. The lowest BCUT2D eigenvalue weighted by molar-refractivity contribution is 0.100. The molecule has 2 rings (SSSR count). The van der Waals surface area contributed by atoms with E-state index in [1.54, 1.807) is 6.07 Å². The van der Waals surface area contributed by atoms with Gasteiger partial charge in [-0.2, -0.15) is 0 Å². The van der Waals surface area contributed by atoms with Gasteiger partial charge in [-0.05, 0) is 42.8 Å². The highest BCUT2D eigenvalue weighted by atomic mass is 79.9. The molecule has 4 nitrogen and oxygen atoms in total. The number of hydrogen-bond acceptors (Lipinski definition) is 3. The van der Waals surface area contributed by atoms with Crippen LogP contribution in [0.4, 0.5) is 11.4 Å². The lowest BCUT2D eigenvalue weighted by Gasteiger charge is -2.25. The van der Waals surface area contributed by atoms with E-state index in [4.69, 9.17) is 11.5 Å². The van der Waals surface area contributed by atoms with Gasteiger partial charge in [-0.25, -0.2) is 0 Å². The van der Waals surface area contributed by atoms with Gasteiger partial charge in [0.15, 0.2) is 0 Å². The highest BCUT2D eigenvalue weighted by molar-refractivity contribution is 9.10. The third-order valence-electron chi connectivity index (χ3n) is 3.27. The van der Waals surface area contributed by atoms with Crippen LogP contribution in [-0.4, -0.2) is 12.5 Å². The van der Waals surface area contributed by atoms with E-state index < -0.39 is 5.91 Å². The molecule has 0 radical (unpaired) electrons. The molecule has 2 aromatic rings. The fraction of sp³-hybridized carbons (Fsp3) is 0.188. The first-order chi connectivity index (χ1) is 10.0. The molecule has 0 spiro atoms. The molecular formula is C16H18BrN3O. The van der Waals surface area contributed by atoms with Crippen LogP contribution in [0.3, 0.4) is 0 Å². The average Bonchev–Trinajstić information content (AvgIpc) is 2.45. The molecular weight excluding hydrogens is 330 g/mol. The summed E-state index contributed by atoms with van der Waals surface area (Å²) in [6, 6.07) is 13.3. The van der Waals surface area contributed by atoms with Crippen molar-refractivity contribution in [2.45, 2.75) is 13.5 Å². The number of benzene rings is 2. The van der Waals surface area contributed by atoms with Gasteiger partial charge in [-0.15, -0.1) is 0 Å². The van der Waals surface area contributed by atoms with Gasteiger partial charge in [0.1, 0.15) is 0 Å². The molecule has 0 atom stereocenters. The van der Waals surface area contributed by atoms with Crippen LogP contribution in [0.1, 0.15) is 22.8 Å². The fourth-order valence-corrected chi connectivity index (χ4v) is 2.62. The van der Waals surface area contributed by atoms with E-state index in [2.05, 4.69) is 20.8 Å². The predicted octanol–water partition coefficient (Wildman–Crippen LogP) is 3.16. The second-order valence-electron chi connectivity index (χ2n) is 4.78. The van der Waals surface area contributed by atoms with Crippen LogP contribution in [0.2, 0.25) is 0 Å². The first kappa shape index (κ1) is 15.4. The summed E-state index contributed by atoms with van der Waals surface area (Å²) in [6.45, 7) is 3.47. The minimum absolute atomic E-state index is 0.433. The molecule has 110 valence electrons. The number of nitrogen functional groups attached to an aromatic ring is 1. The van der Waals surface area contributed by atoms with Gasteiger partial charge in [0.05, 0.1) is 5.56 Å². The lowest BCUT2D eigenvalue weighted by Crippen LogP contribution is -2.25. The highest BCUT2D eigenvalue weighted by Crippen LogP contribution is 2.26. The molecule has 0 aromatic heterocycles. The van der Waals surface area contributed by atoms with Crippen LogP contribution in [0, 0.1) is 0 Å². The monoisotopic (exact) mass is 347 g/mol. The minimum atomic E-state index is -0.433. The Labute approximate surface area is 132 Å². The summed E-state index contributed by atoms with van der Waals surface area (Å²) in [5.41, 5.74) is 14.5. The summed E-state index contributed by atoms with van der Waals surface area (Å²) in [5.74, 6) is -0.433. The van der Waals surface area contributed by atoms with Gasteiger partial charge in [-0.3, -0.25) is 4.79 Å². The minimum Gasteiger partial charge on any atom is -0.399 e. The van der Waals surface area contributed by atoms with E-state index in [9.17, 15) is 4.79 Å². The second-order valence-corrected chi connectivity index (χ2v) is 5.70. The molecule has 0 fully saturated rings. The number of hydrogen-bond donors (Lipinski definition) is 2. The van der Waals surface area contributed by atoms with E-state index in [0.29, 0.717) is 12.1 Å². The summed E-state index contributed by atoms with van der Waals surface area (Å²) in [4.78, 5) is 13.8. The molecule has 0 saturated carbocycles. The van der Waals surface area contributed by atoms with Crippen LogP contribution in [0.15, 0.2) is 46.9 Å². The highest BCUT2D eigenvalue weighted by Gasteiger charge is 2.14. The fourth-order valence-electron chi connectivity index (χ4n) is 2.26. The first-order valence-corrected chi connectivity index (χ1v) is 7.49. The average molecular weight is 348 g/mol. The van der Waals surface area contributed by atoms with Gasteiger partial charge in [-0.1, -0.05) is 28.1 Å². The molecule has 0 unspecified atom stereocenters. The van der Waals surface area contributed by atoms with Gasteiger partial charge < -0.3 is 16.4 Å². The van der Waals surface area contributed by atoms with Crippen molar-refractivity contribution in [2.75, 3.05) is 17.2 Å². The smallest absolute Gasteiger partial charge is 0.250 e. The Morgan fingerprint density at radius 3 is 2.62 bits per heavy atom. The molecule has 2 aromatic carbocycles. The van der Waals surface area contributed by atoms with Crippen molar-refractivity contribution in [2.24, 2.45) is 5.73 Å². The molecule has 0 saturated heterocycles. The van der Waals surface area contributed by atoms with Crippen LogP contribution in [-0.2, 0) is 6.54 Å². The zero-order chi connectivity index (χ0) is 15.4. The SMILES string of the molecule is CCN(Cc1cccc(N)c1)c1ccc(Br)cc1C(N)=O. The maximum Gasteiger partial charge on any atom is 0.250 e. The number of carbonyl (C=O) groups excluding carboxylic acids is 1. The van der Waals surface area contributed by atoms with E-state index in [1.165, 1.54) is 0 Å². The number of nitrogens with zero attached hydrogens (tertiary/aromatic N) is 1. The van der Waals surface area contributed by atoms with E-state index in [0.717, 1.165) is 28.0 Å². The normalized spacial score (nSPS) is 10.4. The number of rotatable bonds is 5. The molecule has 0 aliphatic heterocycles. The number of halogens is 1. The van der Waals surface area contributed by atoms with Crippen LogP contribution in [0.25, 0.3) is 0 Å². The van der Waals surface area contributed by atoms with Crippen LogP contribution in [0.5, 0.6) is 0 Å². The molecule has 0 bridgehead atoms. The van der Waals surface area contributed by atoms with Crippen molar-refractivity contribution in [1.82, 2.24) is 0 Å². The van der Waals surface area contributed by atoms with Gasteiger partial charge >= 0.3 is 0 Å². The van der Waals surface area contributed by atoms with E-state index in [-0.39, 0.29) is 0 Å². The Hall–Kier alpha value is -2.01. The Morgan fingerprint density at radius 2 is 2.00 bits per heavy atom. The molecule has 1 amide bonds. The largest absolute Gasteiger partial charge is 0.399 e. The Morgan fingerprint density at radius 1 is 1.24 bits per heavy atom. The summed E-state index contributed by atoms with van der Waals surface area (Å²) >= 11 is 3.37. The maximum atomic E-state index is 11.7. The maximum absolute atomic E-state index is 11.7. The topological polar surface area (TPSA) is 72.3 Å². The quantitative estimate of drug-likeness (QED) is 0.816. The second kappa shape index (κ2) is 6.63. The van der Waals surface area contributed by atoms with Gasteiger partial charge in [0, 0.05) is 28.9 Å². The predicted molar refractivity (Wildman–Crippen MR) is 90.2 cm³/mol. The van der Waals surface area contributed by atoms with Crippen molar-refractivity contribution in [3.05, 3.63) is 58.1 Å². The summed E-state index contributed by atoms with van der Waals surface area (Å²) in [6.07, 6.45) is 0. The van der Waals surface area contributed by atoms with Crippen molar-refractivity contribution in [3.63, 3.8) is 0 Å². The van der Waals surface area contributed by atoms with Gasteiger partial charge in [0.2, 0.25) is 0 Å². The molecule has 21 heavy (non-hydrogen) atoms. The molecule has 4 N–H and O–H groups in total. The lowest BCUT2D eigenvalue weighted by atomic mass is 10.1. The summed E-state index contributed by atoms with van der Waals surface area (Å²) in [7, 11) is 0. The van der Waals surface area contributed by atoms with Gasteiger partial charge in [0.25, 0.3) is 5.91 Å². The Balaban J connectivity index is 2.35. The zero-order valence-corrected chi connectivity index (χ0v) is 13.4. The first-order valence-electron chi connectivity index (χ1n) is 6.70. The summed E-state index contributed by atoms with van der Waals surface area (Å²) < 4.78 is 0.833. The molecule has 5 heteroatoms. The van der Waals surface area contributed by atoms with Crippen LogP contribution >= 0.6 is 15.9 Å². The van der Waals surface area contributed by atoms with Crippen LogP contribution < -0.4 is 16.4 Å². The van der Waals surface area contributed by atoms with Crippen molar-refractivity contribution < 1.29 is 4.79 Å². The third kappa shape index (κ3) is 3.76. The molecule has 0 heterocycles. The Kier molecular flexibility index (Phi) is 4.85. The summed E-state index contributed by atoms with van der Waals surface area (Å²) in [5, 5.41) is 0. The van der Waals surface area contributed by atoms with E-state index in [1.807, 2.05) is 43.3 Å². The number of anilines is 2. The van der Waals surface area contributed by atoms with E-state index >= 15 is 0 Å². The zero-order valence-electron chi connectivity index (χ0n) is 11.8. The number of carbonyl (C=O) groups is 1. The Bertz CT molecular complexity index is 658. The molecule has 0 aliphatic rings. The standard InChI is InChI=1S/C16H18BrN3O/c1-2-20(10-11-4-3-5-13(18)8-11)15-7-6-12(17)9-14(15)16(19)21/h3-9H,2,10,18H2,1H3,(H2,19,21). The third-order valence-corrected chi connectivity index (χ3v) is 3.76. The van der Waals surface area contributed by atoms with Crippen molar-refractivity contribution in [3.8, 4) is 0 Å². The van der Waals surface area contributed by atoms with Crippen molar-refractivity contribution in [1.29, 1.82) is 0 Å². The number of primary amides is 1.